The molecule has 0 saturated carbocycles. The van der Waals surface area contributed by atoms with Crippen molar-refractivity contribution in [3.05, 3.63) is 21.9 Å². The lowest BCUT2D eigenvalue weighted by molar-refractivity contribution is 0.413. The molecule has 1 aromatic rings. The second-order valence-electron chi connectivity index (χ2n) is 6.55. The van der Waals surface area contributed by atoms with Crippen molar-refractivity contribution in [3.63, 3.8) is 0 Å². The van der Waals surface area contributed by atoms with Gasteiger partial charge in [-0.2, -0.15) is 0 Å². The molecule has 0 fully saturated rings. The molecular formula is C16H29NS. The van der Waals surface area contributed by atoms with Crippen molar-refractivity contribution in [2.24, 2.45) is 5.92 Å². The molecule has 1 N–H and O–H groups in total. The molecule has 0 saturated heterocycles. The fourth-order valence-corrected chi connectivity index (χ4v) is 3.02. The molecule has 0 bridgehead atoms. The van der Waals surface area contributed by atoms with Crippen LogP contribution >= 0.6 is 11.3 Å². The van der Waals surface area contributed by atoms with Gasteiger partial charge in [0.15, 0.2) is 0 Å². The fraction of sp³-hybridized carbons (Fsp3) is 0.750. The zero-order valence-electron chi connectivity index (χ0n) is 12.8. The molecule has 0 aliphatic heterocycles. The summed E-state index contributed by atoms with van der Waals surface area (Å²) in [5.74, 6) is 0.820. The Bertz CT molecular complexity index is 348. The van der Waals surface area contributed by atoms with Gasteiger partial charge in [0.25, 0.3) is 0 Å². The molecule has 1 nitrogen and oxygen atoms in total. The lowest BCUT2D eigenvalue weighted by Crippen LogP contribution is -2.26. The van der Waals surface area contributed by atoms with Gasteiger partial charge in [0, 0.05) is 22.3 Å². The molecule has 0 radical (unpaired) electrons. The summed E-state index contributed by atoms with van der Waals surface area (Å²) in [4.78, 5) is 2.94. The summed E-state index contributed by atoms with van der Waals surface area (Å²) in [5, 5.41) is 3.64. The average Bonchev–Trinajstić information content (AvgIpc) is 2.74. The van der Waals surface area contributed by atoms with Crippen LogP contribution in [-0.2, 0) is 12.0 Å². The van der Waals surface area contributed by atoms with Gasteiger partial charge < -0.3 is 5.32 Å². The van der Waals surface area contributed by atoms with E-state index < -0.39 is 0 Å². The highest BCUT2D eigenvalue weighted by Gasteiger charge is 2.16. The van der Waals surface area contributed by atoms with Gasteiger partial charge >= 0.3 is 0 Å². The Morgan fingerprint density at radius 2 is 1.89 bits per heavy atom. The molecule has 18 heavy (non-hydrogen) atoms. The van der Waals surface area contributed by atoms with Crippen molar-refractivity contribution in [3.8, 4) is 0 Å². The quantitative estimate of drug-likeness (QED) is 0.768. The van der Waals surface area contributed by atoms with E-state index in [0.29, 0.717) is 6.04 Å². The number of rotatable bonds is 6. The van der Waals surface area contributed by atoms with Crippen molar-refractivity contribution in [1.82, 2.24) is 5.32 Å². The van der Waals surface area contributed by atoms with E-state index >= 15 is 0 Å². The van der Waals surface area contributed by atoms with Crippen LogP contribution in [0.1, 0.15) is 64.1 Å². The number of hydrogen-bond acceptors (Lipinski definition) is 2. The van der Waals surface area contributed by atoms with Crippen molar-refractivity contribution in [2.75, 3.05) is 0 Å². The minimum absolute atomic E-state index is 0.283. The highest BCUT2D eigenvalue weighted by atomic mass is 32.1. The molecule has 0 amide bonds. The summed E-state index contributed by atoms with van der Waals surface area (Å²) in [5.41, 5.74) is 0.283. The van der Waals surface area contributed by atoms with Crippen LogP contribution in [0.4, 0.5) is 0 Å². The molecule has 1 aromatic heterocycles. The predicted octanol–water partition coefficient (Wildman–Crippen LogP) is 4.96. The molecule has 2 atom stereocenters. The van der Waals surface area contributed by atoms with Gasteiger partial charge in [-0.05, 0) is 36.8 Å². The third-order valence-electron chi connectivity index (χ3n) is 3.48. The molecule has 1 rings (SSSR count). The Hall–Kier alpha value is -0.340. The number of thiophene rings is 1. The van der Waals surface area contributed by atoms with Crippen LogP contribution in [0.5, 0.6) is 0 Å². The SMILES string of the molecule is CCC(C)CC(C)NCc1ccc(C(C)(C)C)s1. The normalized spacial score (nSPS) is 15.7. The van der Waals surface area contributed by atoms with Crippen LogP contribution in [0.3, 0.4) is 0 Å². The van der Waals surface area contributed by atoms with E-state index in [1.54, 1.807) is 0 Å². The smallest absolute Gasteiger partial charge is 0.0302 e. The molecule has 0 aliphatic rings. The Kier molecular flexibility index (Phi) is 5.87. The summed E-state index contributed by atoms with van der Waals surface area (Å²) in [7, 11) is 0. The molecule has 2 unspecified atom stereocenters. The Labute approximate surface area is 117 Å². The van der Waals surface area contributed by atoms with E-state index in [2.05, 4.69) is 59.0 Å². The third-order valence-corrected chi connectivity index (χ3v) is 4.99. The van der Waals surface area contributed by atoms with E-state index in [1.807, 2.05) is 11.3 Å². The zero-order valence-corrected chi connectivity index (χ0v) is 13.7. The summed E-state index contributed by atoms with van der Waals surface area (Å²) in [6.07, 6.45) is 2.55. The Morgan fingerprint density at radius 1 is 1.22 bits per heavy atom. The lowest BCUT2D eigenvalue weighted by atomic mass is 9.95. The Balaban J connectivity index is 2.42. The van der Waals surface area contributed by atoms with Crippen LogP contribution in [0.25, 0.3) is 0 Å². The summed E-state index contributed by atoms with van der Waals surface area (Å²) in [6.45, 7) is 14.8. The minimum Gasteiger partial charge on any atom is -0.309 e. The van der Waals surface area contributed by atoms with E-state index in [-0.39, 0.29) is 5.41 Å². The van der Waals surface area contributed by atoms with Crippen molar-refractivity contribution < 1.29 is 0 Å². The van der Waals surface area contributed by atoms with E-state index in [9.17, 15) is 0 Å². The van der Waals surface area contributed by atoms with Gasteiger partial charge in [0.2, 0.25) is 0 Å². The molecule has 104 valence electrons. The standard InChI is InChI=1S/C16H29NS/c1-7-12(2)10-13(3)17-11-14-8-9-15(18-14)16(4,5)6/h8-9,12-13,17H,7,10-11H2,1-6H3. The summed E-state index contributed by atoms with van der Waals surface area (Å²) < 4.78 is 0. The fourth-order valence-electron chi connectivity index (χ4n) is 2.00. The minimum atomic E-state index is 0.283. The van der Waals surface area contributed by atoms with Gasteiger partial charge in [0.05, 0.1) is 0 Å². The first kappa shape index (κ1) is 15.7. The van der Waals surface area contributed by atoms with Crippen LogP contribution in [0.2, 0.25) is 0 Å². The first-order valence-electron chi connectivity index (χ1n) is 7.15. The second-order valence-corrected chi connectivity index (χ2v) is 7.72. The topological polar surface area (TPSA) is 12.0 Å². The summed E-state index contributed by atoms with van der Waals surface area (Å²) >= 11 is 1.94. The predicted molar refractivity (Wildman–Crippen MR) is 83.4 cm³/mol. The van der Waals surface area contributed by atoms with Gasteiger partial charge in [0.1, 0.15) is 0 Å². The molecule has 0 aromatic carbocycles. The van der Waals surface area contributed by atoms with Crippen LogP contribution in [0.15, 0.2) is 12.1 Å². The highest BCUT2D eigenvalue weighted by Crippen LogP contribution is 2.29. The molecule has 1 heterocycles. The van der Waals surface area contributed by atoms with E-state index in [4.69, 9.17) is 0 Å². The maximum atomic E-state index is 3.64. The molecule has 0 spiro atoms. The maximum Gasteiger partial charge on any atom is 0.0302 e. The number of hydrogen-bond donors (Lipinski definition) is 1. The summed E-state index contributed by atoms with van der Waals surface area (Å²) in [6, 6.07) is 5.16. The second kappa shape index (κ2) is 6.72. The van der Waals surface area contributed by atoms with E-state index in [1.165, 1.54) is 22.6 Å². The van der Waals surface area contributed by atoms with Crippen LogP contribution in [0, 0.1) is 5.92 Å². The van der Waals surface area contributed by atoms with E-state index in [0.717, 1.165) is 12.5 Å². The average molecular weight is 267 g/mol. The van der Waals surface area contributed by atoms with Gasteiger partial charge in [-0.1, -0.05) is 41.0 Å². The first-order chi connectivity index (χ1) is 8.32. The van der Waals surface area contributed by atoms with Crippen molar-refractivity contribution in [1.29, 1.82) is 0 Å². The van der Waals surface area contributed by atoms with Crippen LogP contribution in [-0.4, -0.2) is 6.04 Å². The van der Waals surface area contributed by atoms with Gasteiger partial charge in [-0.3, -0.25) is 0 Å². The van der Waals surface area contributed by atoms with Gasteiger partial charge in [-0.15, -0.1) is 11.3 Å². The zero-order chi connectivity index (χ0) is 13.8. The lowest BCUT2D eigenvalue weighted by Gasteiger charge is -2.17. The Morgan fingerprint density at radius 3 is 2.39 bits per heavy atom. The van der Waals surface area contributed by atoms with Crippen molar-refractivity contribution >= 4 is 11.3 Å². The molecule has 0 aliphatic carbocycles. The molecule has 2 heteroatoms. The van der Waals surface area contributed by atoms with Crippen molar-refractivity contribution in [2.45, 2.75) is 72.4 Å². The maximum absolute atomic E-state index is 3.64. The van der Waals surface area contributed by atoms with Crippen LogP contribution < -0.4 is 5.32 Å². The highest BCUT2D eigenvalue weighted by molar-refractivity contribution is 7.12. The first-order valence-corrected chi connectivity index (χ1v) is 7.97. The number of nitrogens with one attached hydrogen (secondary N) is 1. The third kappa shape index (κ3) is 5.11. The van der Waals surface area contributed by atoms with Gasteiger partial charge in [-0.25, -0.2) is 0 Å². The largest absolute Gasteiger partial charge is 0.309 e. The molecular weight excluding hydrogens is 238 g/mol. The monoisotopic (exact) mass is 267 g/mol.